The van der Waals surface area contributed by atoms with Crippen LogP contribution in [0.5, 0.6) is 0 Å². The highest BCUT2D eigenvalue weighted by atomic mass is 127. The summed E-state index contributed by atoms with van der Waals surface area (Å²) in [6, 6.07) is 6.32. The molecule has 2 amide bonds. The molecule has 9 heteroatoms. The Morgan fingerprint density at radius 3 is 2.85 bits per heavy atom. The monoisotopic (exact) mass is 489 g/mol. The quantitative estimate of drug-likeness (QED) is 0.370. The van der Waals surface area contributed by atoms with Gasteiger partial charge in [0.1, 0.15) is 6.04 Å². The Balaban J connectivity index is 2.06. The number of esters is 1. The summed E-state index contributed by atoms with van der Waals surface area (Å²) in [4.78, 5) is 38.1. The lowest BCUT2D eigenvalue weighted by Gasteiger charge is -2.36. The maximum absolute atomic E-state index is 12.4. The number of halogens is 1. The number of rotatable bonds is 5. The molecule has 1 fully saturated rings. The van der Waals surface area contributed by atoms with Crippen LogP contribution in [0.2, 0.25) is 0 Å². The lowest BCUT2D eigenvalue weighted by molar-refractivity contribution is -0.147. The molecule has 0 radical (unpaired) electrons. The molecular formula is C17H20IN3O4S. The number of carbonyl (C=O) groups is 3. The Morgan fingerprint density at radius 2 is 2.15 bits per heavy atom. The molecular weight excluding hydrogens is 469 g/mol. The molecule has 26 heavy (non-hydrogen) atoms. The van der Waals surface area contributed by atoms with Crippen molar-refractivity contribution in [3.8, 4) is 0 Å². The van der Waals surface area contributed by atoms with Gasteiger partial charge in [-0.1, -0.05) is 19.1 Å². The zero-order valence-corrected chi connectivity index (χ0v) is 17.3. The van der Waals surface area contributed by atoms with Crippen LogP contribution in [-0.2, 0) is 14.3 Å². The number of benzene rings is 1. The van der Waals surface area contributed by atoms with Gasteiger partial charge in [0.05, 0.1) is 18.6 Å². The van der Waals surface area contributed by atoms with E-state index in [1.54, 1.807) is 17.0 Å². The van der Waals surface area contributed by atoms with Gasteiger partial charge in [-0.3, -0.25) is 19.7 Å². The van der Waals surface area contributed by atoms with Gasteiger partial charge in [0, 0.05) is 16.7 Å². The summed E-state index contributed by atoms with van der Waals surface area (Å²) in [5, 5.41) is 5.49. The van der Waals surface area contributed by atoms with Gasteiger partial charge in [0.25, 0.3) is 5.91 Å². The van der Waals surface area contributed by atoms with E-state index in [4.69, 9.17) is 17.0 Å². The maximum atomic E-state index is 12.4. The third-order valence-corrected chi connectivity index (χ3v) is 5.04. The van der Waals surface area contributed by atoms with Crippen molar-refractivity contribution in [3.63, 3.8) is 0 Å². The molecule has 0 aromatic heterocycles. The third kappa shape index (κ3) is 5.37. The van der Waals surface area contributed by atoms with E-state index in [-0.39, 0.29) is 23.3 Å². The van der Waals surface area contributed by atoms with Gasteiger partial charge in [0.15, 0.2) is 5.11 Å². The standard InChI is InChI=1S/C17H20IN3O4S/c1-2-9-25-14(22)10-13-16(24)19-7-8-21(13)17(26)20-15(23)11-5-3-4-6-12(11)18/h3-6,13H,2,7-10H2,1H3,(H,19,24)(H,20,23,26). The van der Waals surface area contributed by atoms with Crippen molar-refractivity contribution in [2.45, 2.75) is 25.8 Å². The van der Waals surface area contributed by atoms with Crippen LogP contribution in [-0.4, -0.2) is 53.5 Å². The van der Waals surface area contributed by atoms with Crippen molar-refractivity contribution < 1.29 is 19.1 Å². The molecule has 0 aliphatic carbocycles. The Morgan fingerprint density at radius 1 is 1.42 bits per heavy atom. The number of ether oxygens (including phenoxy) is 1. The van der Waals surface area contributed by atoms with Gasteiger partial charge >= 0.3 is 5.97 Å². The van der Waals surface area contributed by atoms with Crippen LogP contribution in [0.25, 0.3) is 0 Å². The smallest absolute Gasteiger partial charge is 0.308 e. The molecule has 1 heterocycles. The van der Waals surface area contributed by atoms with Gasteiger partial charge in [-0.25, -0.2) is 0 Å². The van der Waals surface area contributed by atoms with E-state index in [1.165, 1.54) is 0 Å². The summed E-state index contributed by atoms with van der Waals surface area (Å²) < 4.78 is 5.85. The number of nitrogens with zero attached hydrogens (tertiary/aromatic N) is 1. The Bertz CT molecular complexity index is 713. The SMILES string of the molecule is CCCOC(=O)CC1C(=O)NCCN1C(=S)NC(=O)c1ccccc1I. The molecule has 1 aromatic rings. The average molecular weight is 489 g/mol. The van der Waals surface area contributed by atoms with E-state index in [1.807, 2.05) is 19.1 Å². The Labute approximate surface area is 171 Å². The molecule has 0 spiro atoms. The predicted octanol–water partition coefficient (Wildman–Crippen LogP) is 1.45. The normalized spacial score (nSPS) is 16.6. The number of amides is 2. The number of thiocarbonyl (C=S) groups is 1. The van der Waals surface area contributed by atoms with E-state index in [2.05, 4.69) is 33.2 Å². The lowest BCUT2D eigenvalue weighted by atomic mass is 10.1. The molecule has 7 nitrogen and oxygen atoms in total. The number of hydrogen-bond acceptors (Lipinski definition) is 5. The first-order valence-electron chi connectivity index (χ1n) is 8.23. The van der Waals surface area contributed by atoms with Crippen LogP contribution in [0.15, 0.2) is 24.3 Å². The van der Waals surface area contributed by atoms with Crippen molar-refractivity contribution in [1.29, 1.82) is 0 Å². The molecule has 2 rings (SSSR count). The number of hydrogen-bond donors (Lipinski definition) is 2. The second-order valence-corrected chi connectivity index (χ2v) is 7.21. The first-order chi connectivity index (χ1) is 12.4. The molecule has 1 saturated heterocycles. The summed E-state index contributed by atoms with van der Waals surface area (Å²) in [6.07, 6.45) is 0.585. The third-order valence-electron chi connectivity index (χ3n) is 3.76. The van der Waals surface area contributed by atoms with E-state index in [9.17, 15) is 14.4 Å². The van der Waals surface area contributed by atoms with Crippen LogP contribution in [0, 0.1) is 3.57 Å². The van der Waals surface area contributed by atoms with Crippen LogP contribution in [0.4, 0.5) is 0 Å². The minimum atomic E-state index is -0.796. The highest BCUT2D eigenvalue weighted by Gasteiger charge is 2.34. The fraction of sp³-hybridized carbons (Fsp3) is 0.412. The second-order valence-electron chi connectivity index (χ2n) is 5.66. The van der Waals surface area contributed by atoms with E-state index >= 15 is 0 Å². The predicted molar refractivity (Wildman–Crippen MR) is 109 cm³/mol. The molecule has 0 bridgehead atoms. The molecule has 140 valence electrons. The Hall–Kier alpha value is -1.75. The van der Waals surface area contributed by atoms with Crippen LogP contribution in [0.3, 0.4) is 0 Å². The van der Waals surface area contributed by atoms with Crippen molar-refractivity contribution in [2.75, 3.05) is 19.7 Å². The van der Waals surface area contributed by atoms with Gasteiger partial charge in [-0.15, -0.1) is 0 Å². The number of carbonyl (C=O) groups excluding carboxylic acids is 3. The first kappa shape index (κ1) is 20.6. The van der Waals surface area contributed by atoms with E-state index in [0.717, 1.165) is 3.57 Å². The highest BCUT2D eigenvalue weighted by molar-refractivity contribution is 14.1. The van der Waals surface area contributed by atoms with Gasteiger partial charge in [0.2, 0.25) is 5.91 Å². The van der Waals surface area contributed by atoms with E-state index in [0.29, 0.717) is 31.7 Å². The number of piperazine rings is 1. The highest BCUT2D eigenvalue weighted by Crippen LogP contribution is 2.13. The fourth-order valence-electron chi connectivity index (χ4n) is 2.48. The van der Waals surface area contributed by atoms with Crippen molar-refractivity contribution in [3.05, 3.63) is 33.4 Å². The molecule has 0 saturated carbocycles. The zero-order chi connectivity index (χ0) is 19.1. The maximum Gasteiger partial charge on any atom is 0.308 e. The average Bonchev–Trinajstić information content (AvgIpc) is 2.61. The summed E-state index contributed by atoms with van der Waals surface area (Å²) in [5.74, 6) is -1.13. The first-order valence-corrected chi connectivity index (χ1v) is 9.72. The molecule has 1 aliphatic heterocycles. The van der Waals surface area contributed by atoms with Gasteiger partial charge < -0.3 is 15.0 Å². The topological polar surface area (TPSA) is 87.7 Å². The van der Waals surface area contributed by atoms with Gasteiger partial charge in [-0.2, -0.15) is 0 Å². The van der Waals surface area contributed by atoms with Crippen LogP contribution < -0.4 is 10.6 Å². The minimum Gasteiger partial charge on any atom is -0.466 e. The summed E-state index contributed by atoms with van der Waals surface area (Å²) in [6.45, 7) is 2.99. The van der Waals surface area contributed by atoms with E-state index < -0.39 is 12.0 Å². The largest absolute Gasteiger partial charge is 0.466 e. The van der Waals surface area contributed by atoms with Crippen LogP contribution in [0.1, 0.15) is 30.1 Å². The molecule has 1 aromatic carbocycles. The minimum absolute atomic E-state index is 0.120. The van der Waals surface area contributed by atoms with Crippen molar-refractivity contribution in [2.24, 2.45) is 0 Å². The lowest BCUT2D eigenvalue weighted by Crippen LogP contribution is -2.60. The molecule has 1 aliphatic rings. The number of nitrogens with one attached hydrogen (secondary N) is 2. The van der Waals surface area contributed by atoms with Crippen molar-refractivity contribution >= 4 is 57.7 Å². The summed E-state index contributed by atoms with van der Waals surface area (Å²) >= 11 is 7.39. The molecule has 2 N–H and O–H groups in total. The van der Waals surface area contributed by atoms with Gasteiger partial charge in [-0.05, 0) is 53.4 Å². The second kappa shape index (κ2) is 9.81. The fourth-order valence-corrected chi connectivity index (χ4v) is 3.42. The Kier molecular flexibility index (Phi) is 7.76. The molecule has 1 atom stereocenters. The van der Waals surface area contributed by atoms with Crippen molar-refractivity contribution in [1.82, 2.24) is 15.5 Å². The summed E-state index contributed by atoms with van der Waals surface area (Å²) in [5.41, 5.74) is 0.496. The van der Waals surface area contributed by atoms with Crippen LogP contribution >= 0.6 is 34.8 Å². The summed E-state index contributed by atoms with van der Waals surface area (Å²) in [7, 11) is 0. The molecule has 1 unspecified atom stereocenters. The zero-order valence-electron chi connectivity index (χ0n) is 14.3.